The Morgan fingerprint density at radius 2 is 1.93 bits per heavy atom. The number of carbonyl (C=O) groups excluding carboxylic acids is 2. The zero-order valence-corrected chi connectivity index (χ0v) is 10.6. The van der Waals surface area contributed by atoms with Gasteiger partial charge in [-0.3, -0.25) is 9.59 Å². The molecule has 1 atom stereocenters. The summed E-state index contributed by atoms with van der Waals surface area (Å²) in [6.45, 7) is 6.00. The molecule has 88 valence electrons. The third kappa shape index (κ3) is 5.82. The average molecular weight is 232 g/mol. The van der Waals surface area contributed by atoms with Gasteiger partial charge >= 0.3 is 5.97 Å². The minimum Gasteiger partial charge on any atom is -0.465 e. The second-order valence-electron chi connectivity index (χ2n) is 3.23. The van der Waals surface area contributed by atoms with E-state index in [2.05, 4.69) is 6.92 Å². The molecule has 0 bridgehead atoms. The fourth-order valence-corrected chi connectivity index (χ4v) is 2.02. The zero-order chi connectivity index (χ0) is 11.7. The molecule has 0 N–H and O–H groups in total. The first-order valence-corrected chi connectivity index (χ1v) is 6.59. The lowest BCUT2D eigenvalue weighted by atomic mass is 10.0. The van der Waals surface area contributed by atoms with Crippen LogP contribution < -0.4 is 0 Å². The summed E-state index contributed by atoms with van der Waals surface area (Å²) in [5, 5.41) is 0. The number of Topliss-reactive ketones (excluding diaryl/α,β-unsaturated/α-hetero) is 1. The molecule has 0 rings (SSSR count). The molecule has 0 heterocycles. The van der Waals surface area contributed by atoms with Crippen molar-refractivity contribution in [3.8, 4) is 0 Å². The summed E-state index contributed by atoms with van der Waals surface area (Å²) in [5.41, 5.74) is 0. The maximum atomic E-state index is 11.6. The van der Waals surface area contributed by atoms with Gasteiger partial charge in [-0.25, -0.2) is 0 Å². The van der Waals surface area contributed by atoms with Crippen molar-refractivity contribution in [1.29, 1.82) is 0 Å². The van der Waals surface area contributed by atoms with Gasteiger partial charge in [0.1, 0.15) is 5.92 Å². The van der Waals surface area contributed by atoms with E-state index in [1.807, 2.05) is 6.92 Å². The molecule has 0 saturated carbocycles. The molecule has 0 spiro atoms. The minimum atomic E-state index is -0.561. The first-order chi connectivity index (χ1) is 7.17. The number of thioether (sulfide) groups is 1. The molecule has 0 aromatic carbocycles. The van der Waals surface area contributed by atoms with Crippen molar-refractivity contribution in [1.82, 2.24) is 0 Å². The molecular formula is C11H20O3S. The number of esters is 1. The van der Waals surface area contributed by atoms with E-state index >= 15 is 0 Å². The Kier molecular flexibility index (Phi) is 8.47. The summed E-state index contributed by atoms with van der Waals surface area (Å²) in [5.74, 6) is 0.446. The molecule has 0 fully saturated rings. The summed E-state index contributed by atoms with van der Waals surface area (Å²) in [4.78, 5) is 23.0. The van der Waals surface area contributed by atoms with Gasteiger partial charge in [0.2, 0.25) is 0 Å². The van der Waals surface area contributed by atoms with Crippen LogP contribution in [0.3, 0.4) is 0 Å². The van der Waals surface area contributed by atoms with E-state index < -0.39 is 5.92 Å². The second-order valence-corrected chi connectivity index (χ2v) is 4.34. The van der Waals surface area contributed by atoms with E-state index in [0.29, 0.717) is 18.8 Å². The van der Waals surface area contributed by atoms with Gasteiger partial charge in [0.15, 0.2) is 5.78 Å². The molecule has 0 aromatic heterocycles. The van der Waals surface area contributed by atoms with E-state index in [1.54, 1.807) is 18.7 Å². The molecule has 0 amide bonds. The van der Waals surface area contributed by atoms with Crippen molar-refractivity contribution >= 4 is 23.5 Å². The van der Waals surface area contributed by atoms with Crippen molar-refractivity contribution in [2.45, 2.75) is 33.6 Å². The van der Waals surface area contributed by atoms with Gasteiger partial charge < -0.3 is 4.74 Å². The highest BCUT2D eigenvalue weighted by Crippen LogP contribution is 2.12. The summed E-state index contributed by atoms with van der Waals surface area (Å²) >= 11 is 1.58. The van der Waals surface area contributed by atoms with E-state index in [4.69, 9.17) is 4.74 Å². The van der Waals surface area contributed by atoms with Crippen molar-refractivity contribution in [3.63, 3.8) is 0 Å². The van der Waals surface area contributed by atoms with Crippen LogP contribution in [-0.4, -0.2) is 29.9 Å². The fourth-order valence-electron chi connectivity index (χ4n) is 1.19. The van der Waals surface area contributed by atoms with E-state index in [1.165, 1.54) is 0 Å². The van der Waals surface area contributed by atoms with Crippen LogP contribution in [0.1, 0.15) is 33.6 Å². The van der Waals surface area contributed by atoms with Crippen molar-refractivity contribution in [2.24, 2.45) is 5.92 Å². The maximum Gasteiger partial charge on any atom is 0.316 e. The molecule has 0 radical (unpaired) electrons. The lowest BCUT2D eigenvalue weighted by molar-refractivity contribution is -0.151. The smallest absolute Gasteiger partial charge is 0.316 e. The largest absolute Gasteiger partial charge is 0.465 e. The van der Waals surface area contributed by atoms with Crippen molar-refractivity contribution in [2.75, 3.05) is 18.1 Å². The first-order valence-electron chi connectivity index (χ1n) is 5.44. The van der Waals surface area contributed by atoms with Crippen LogP contribution in [-0.2, 0) is 14.3 Å². The van der Waals surface area contributed by atoms with E-state index in [9.17, 15) is 9.59 Å². The van der Waals surface area contributed by atoms with Gasteiger partial charge in [0, 0.05) is 0 Å². The predicted octanol–water partition coefficient (Wildman–Crippen LogP) is 2.29. The number of carbonyl (C=O) groups is 2. The lowest BCUT2D eigenvalue weighted by Crippen LogP contribution is -2.27. The molecule has 3 nitrogen and oxygen atoms in total. The number of hydrogen-bond donors (Lipinski definition) is 0. The number of rotatable bonds is 8. The quantitative estimate of drug-likeness (QED) is 0.366. The molecule has 0 aliphatic rings. The second kappa shape index (κ2) is 8.77. The van der Waals surface area contributed by atoms with Crippen LogP contribution in [0.25, 0.3) is 0 Å². The Morgan fingerprint density at radius 3 is 2.40 bits per heavy atom. The summed E-state index contributed by atoms with van der Waals surface area (Å²) in [6.07, 6.45) is 1.58. The summed E-state index contributed by atoms with van der Waals surface area (Å²) in [7, 11) is 0. The molecule has 4 heteroatoms. The molecular weight excluding hydrogens is 212 g/mol. The third-order valence-corrected chi connectivity index (χ3v) is 3.15. The van der Waals surface area contributed by atoms with Crippen LogP contribution >= 0.6 is 11.8 Å². The van der Waals surface area contributed by atoms with Gasteiger partial charge in [-0.2, -0.15) is 11.8 Å². The SMILES string of the molecule is CCCSCC(=O)C(CC)C(=O)OCC. The Bertz CT molecular complexity index is 204. The highest BCUT2D eigenvalue weighted by atomic mass is 32.2. The Labute approximate surface area is 95.9 Å². The monoisotopic (exact) mass is 232 g/mol. The Hall–Kier alpha value is -0.510. The molecule has 0 aliphatic heterocycles. The van der Waals surface area contributed by atoms with Gasteiger partial charge in [0.25, 0.3) is 0 Å². The maximum absolute atomic E-state index is 11.6. The predicted molar refractivity (Wildman–Crippen MR) is 63.0 cm³/mol. The summed E-state index contributed by atoms with van der Waals surface area (Å²) in [6, 6.07) is 0. The van der Waals surface area contributed by atoms with Crippen molar-refractivity contribution < 1.29 is 14.3 Å². The van der Waals surface area contributed by atoms with Crippen molar-refractivity contribution in [3.05, 3.63) is 0 Å². The van der Waals surface area contributed by atoms with Crippen LogP contribution in [0.4, 0.5) is 0 Å². The van der Waals surface area contributed by atoms with Crippen LogP contribution in [0, 0.1) is 5.92 Å². The van der Waals surface area contributed by atoms with E-state index in [-0.39, 0.29) is 11.8 Å². The first kappa shape index (κ1) is 14.5. The van der Waals surface area contributed by atoms with Gasteiger partial charge in [-0.1, -0.05) is 13.8 Å². The topological polar surface area (TPSA) is 43.4 Å². The molecule has 15 heavy (non-hydrogen) atoms. The van der Waals surface area contributed by atoms with E-state index in [0.717, 1.165) is 12.2 Å². The number of ether oxygens (including phenoxy) is 1. The number of ketones is 1. The lowest BCUT2D eigenvalue weighted by Gasteiger charge is -2.11. The Morgan fingerprint density at radius 1 is 1.27 bits per heavy atom. The van der Waals surface area contributed by atoms with Gasteiger partial charge in [-0.15, -0.1) is 0 Å². The highest BCUT2D eigenvalue weighted by molar-refractivity contribution is 7.99. The fraction of sp³-hybridized carbons (Fsp3) is 0.818. The Balaban J connectivity index is 4.03. The normalized spacial score (nSPS) is 12.2. The molecule has 0 saturated heterocycles. The summed E-state index contributed by atoms with van der Waals surface area (Å²) < 4.78 is 4.85. The zero-order valence-electron chi connectivity index (χ0n) is 9.75. The molecule has 1 unspecified atom stereocenters. The van der Waals surface area contributed by atoms with Crippen LogP contribution in [0.5, 0.6) is 0 Å². The standard InChI is InChI=1S/C11H20O3S/c1-4-7-15-8-10(12)9(5-2)11(13)14-6-3/h9H,4-8H2,1-3H3. The van der Waals surface area contributed by atoms with Gasteiger partial charge in [0.05, 0.1) is 12.4 Å². The highest BCUT2D eigenvalue weighted by Gasteiger charge is 2.25. The van der Waals surface area contributed by atoms with Crippen LogP contribution in [0.15, 0.2) is 0 Å². The number of hydrogen-bond acceptors (Lipinski definition) is 4. The molecule has 0 aliphatic carbocycles. The average Bonchev–Trinajstić information content (AvgIpc) is 2.19. The minimum absolute atomic E-state index is 0.00519. The van der Waals surface area contributed by atoms with Gasteiger partial charge in [-0.05, 0) is 25.5 Å². The third-order valence-electron chi connectivity index (χ3n) is 1.96. The molecule has 0 aromatic rings. The van der Waals surface area contributed by atoms with Crippen LogP contribution in [0.2, 0.25) is 0 Å².